The van der Waals surface area contributed by atoms with E-state index in [1.165, 1.54) is 29.2 Å². The van der Waals surface area contributed by atoms with Crippen molar-refractivity contribution in [1.29, 1.82) is 0 Å². The smallest absolute Gasteiger partial charge is 0.416 e. The number of benzene rings is 2. The first-order valence-corrected chi connectivity index (χ1v) is 8.53. The number of hydrogen-bond donors (Lipinski definition) is 2. The normalized spacial score (nSPS) is 10.9. The maximum absolute atomic E-state index is 14.8. The lowest BCUT2D eigenvalue weighted by molar-refractivity contribution is -0.137. The minimum atomic E-state index is -4.50. The van der Waals surface area contributed by atoms with E-state index >= 15 is 0 Å². The van der Waals surface area contributed by atoms with Gasteiger partial charge in [-0.05, 0) is 36.8 Å². The molecule has 0 saturated heterocycles. The molecule has 154 valence electrons. The summed E-state index contributed by atoms with van der Waals surface area (Å²) >= 11 is 0. The van der Waals surface area contributed by atoms with Crippen molar-refractivity contribution in [3.63, 3.8) is 0 Å². The van der Waals surface area contributed by atoms with E-state index in [9.17, 15) is 22.4 Å². The Balaban J connectivity index is 2.33. The molecule has 9 heteroatoms. The van der Waals surface area contributed by atoms with Crippen LogP contribution < -0.4 is 16.0 Å². The number of nitrogens with zero attached hydrogens (tertiary/aromatic N) is 1. The van der Waals surface area contributed by atoms with Crippen LogP contribution in [-0.2, 0) is 17.5 Å². The average Bonchev–Trinajstić information content (AvgIpc) is 2.65. The van der Waals surface area contributed by atoms with Gasteiger partial charge in [-0.2, -0.15) is 13.2 Å². The molecule has 0 atom stereocenters. The van der Waals surface area contributed by atoms with Crippen molar-refractivity contribution in [1.82, 2.24) is 0 Å². The number of ether oxygens (including phenoxy) is 1. The van der Waals surface area contributed by atoms with Gasteiger partial charge in [0.05, 0.1) is 35.8 Å². The molecule has 0 aromatic heterocycles. The van der Waals surface area contributed by atoms with Crippen molar-refractivity contribution in [2.45, 2.75) is 19.6 Å². The number of carbonyl (C=O) groups is 1. The Hall–Kier alpha value is -3.41. The van der Waals surface area contributed by atoms with Gasteiger partial charge < -0.3 is 15.4 Å². The Morgan fingerprint density at radius 3 is 2.66 bits per heavy atom. The Bertz CT molecular complexity index is 923. The minimum Gasteiger partial charge on any atom is -0.450 e. The van der Waals surface area contributed by atoms with E-state index in [-0.39, 0.29) is 36.8 Å². The quantitative estimate of drug-likeness (QED) is 0.415. The summed E-state index contributed by atoms with van der Waals surface area (Å²) in [5, 5.41) is 2.31. The lowest BCUT2D eigenvalue weighted by Crippen LogP contribution is -2.25. The lowest BCUT2D eigenvalue weighted by atomic mass is 10.1. The van der Waals surface area contributed by atoms with Crippen LogP contribution in [0.4, 0.5) is 39.4 Å². The molecule has 2 rings (SSSR count). The highest BCUT2D eigenvalue weighted by molar-refractivity contribution is 5.90. The fourth-order valence-corrected chi connectivity index (χ4v) is 2.61. The number of terminal acetylenes is 1. The molecule has 0 heterocycles. The number of anilines is 3. The third-order valence-corrected chi connectivity index (χ3v) is 3.92. The largest absolute Gasteiger partial charge is 0.450 e. The molecule has 2 aromatic carbocycles. The Kier molecular flexibility index (Phi) is 6.93. The van der Waals surface area contributed by atoms with Gasteiger partial charge in [0.15, 0.2) is 5.82 Å². The molecule has 0 aliphatic rings. The number of alkyl halides is 3. The second kappa shape index (κ2) is 9.19. The zero-order valence-corrected chi connectivity index (χ0v) is 15.5. The topological polar surface area (TPSA) is 67.6 Å². The summed E-state index contributed by atoms with van der Waals surface area (Å²) in [6.45, 7) is 1.59. The monoisotopic (exact) mass is 409 g/mol. The van der Waals surface area contributed by atoms with Crippen molar-refractivity contribution < 1.29 is 27.1 Å². The standard InChI is InChI=1S/C20H19F4N3O2/c1-3-10-27(12-13-6-5-7-14(11-13)20(22,23)24)16-9-8-15(18(25)17(16)21)26-19(28)29-4-2/h1,5-9,11H,4,10,12,25H2,2H3,(H,26,28). The predicted molar refractivity (Wildman–Crippen MR) is 103 cm³/mol. The minimum absolute atomic E-state index is 0.00410. The summed E-state index contributed by atoms with van der Waals surface area (Å²) in [4.78, 5) is 12.9. The molecule has 0 spiro atoms. The molecular formula is C20H19F4N3O2. The summed E-state index contributed by atoms with van der Waals surface area (Å²) in [7, 11) is 0. The van der Waals surface area contributed by atoms with Crippen LogP contribution in [0.2, 0.25) is 0 Å². The molecule has 0 unspecified atom stereocenters. The fourth-order valence-electron chi connectivity index (χ4n) is 2.61. The van der Waals surface area contributed by atoms with E-state index in [0.717, 1.165) is 12.1 Å². The first-order valence-electron chi connectivity index (χ1n) is 8.53. The average molecular weight is 409 g/mol. The van der Waals surface area contributed by atoms with Crippen LogP contribution >= 0.6 is 0 Å². The van der Waals surface area contributed by atoms with Crippen LogP contribution in [0.25, 0.3) is 0 Å². The summed E-state index contributed by atoms with van der Waals surface area (Å²) in [6, 6.07) is 7.36. The van der Waals surface area contributed by atoms with Crippen LogP contribution in [0.1, 0.15) is 18.1 Å². The maximum Gasteiger partial charge on any atom is 0.416 e. The van der Waals surface area contributed by atoms with Gasteiger partial charge in [0, 0.05) is 6.54 Å². The first-order chi connectivity index (χ1) is 13.7. The lowest BCUT2D eigenvalue weighted by Gasteiger charge is -2.25. The van der Waals surface area contributed by atoms with Crippen LogP contribution in [-0.4, -0.2) is 19.2 Å². The van der Waals surface area contributed by atoms with Crippen molar-refractivity contribution in [3.05, 3.63) is 53.3 Å². The van der Waals surface area contributed by atoms with E-state index in [2.05, 4.69) is 11.2 Å². The number of rotatable bonds is 6. The highest BCUT2D eigenvalue weighted by Gasteiger charge is 2.30. The molecule has 0 bridgehead atoms. The molecule has 29 heavy (non-hydrogen) atoms. The number of nitrogen functional groups attached to an aromatic ring is 1. The zero-order valence-electron chi connectivity index (χ0n) is 15.5. The molecule has 3 N–H and O–H groups in total. The second-order valence-electron chi connectivity index (χ2n) is 5.96. The molecule has 0 aliphatic heterocycles. The van der Waals surface area contributed by atoms with Crippen LogP contribution in [0.15, 0.2) is 36.4 Å². The maximum atomic E-state index is 14.8. The molecule has 5 nitrogen and oxygen atoms in total. The number of nitrogens with one attached hydrogen (secondary N) is 1. The van der Waals surface area contributed by atoms with Gasteiger partial charge in [0.2, 0.25) is 0 Å². The molecule has 0 saturated carbocycles. The second-order valence-corrected chi connectivity index (χ2v) is 5.96. The molecular weight excluding hydrogens is 390 g/mol. The number of nitrogens with two attached hydrogens (primary N) is 1. The number of halogens is 4. The highest BCUT2D eigenvalue weighted by atomic mass is 19.4. The summed E-state index contributed by atoms with van der Waals surface area (Å²) < 4.78 is 58.3. The van der Waals surface area contributed by atoms with Crippen LogP contribution in [0, 0.1) is 18.2 Å². The Morgan fingerprint density at radius 2 is 2.03 bits per heavy atom. The van der Waals surface area contributed by atoms with Crippen molar-refractivity contribution in [3.8, 4) is 12.3 Å². The van der Waals surface area contributed by atoms with Crippen LogP contribution in [0.5, 0.6) is 0 Å². The van der Waals surface area contributed by atoms with Gasteiger partial charge in [-0.3, -0.25) is 5.32 Å². The van der Waals surface area contributed by atoms with E-state index in [1.54, 1.807) is 6.92 Å². The van der Waals surface area contributed by atoms with Gasteiger partial charge in [0.25, 0.3) is 0 Å². The predicted octanol–water partition coefficient (Wildman–Crippen LogP) is 4.63. The van der Waals surface area contributed by atoms with E-state index in [1.807, 2.05) is 0 Å². The summed E-state index contributed by atoms with van der Waals surface area (Å²) in [5.41, 5.74) is 4.89. The van der Waals surface area contributed by atoms with Crippen molar-refractivity contribution in [2.24, 2.45) is 0 Å². The van der Waals surface area contributed by atoms with E-state index in [0.29, 0.717) is 5.56 Å². The SMILES string of the molecule is C#CCN(Cc1cccc(C(F)(F)F)c1)c1ccc(NC(=O)OCC)c(N)c1F. The fraction of sp³-hybridized carbons (Fsp3) is 0.250. The number of carbonyl (C=O) groups excluding carboxylic acids is 1. The summed E-state index contributed by atoms with van der Waals surface area (Å²) in [5.74, 6) is 1.49. The van der Waals surface area contributed by atoms with Gasteiger partial charge in [-0.25, -0.2) is 9.18 Å². The zero-order chi connectivity index (χ0) is 21.6. The van der Waals surface area contributed by atoms with Gasteiger partial charge in [-0.1, -0.05) is 18.1 Å². The Morgan fingerprint density at radius 1 is 1.31 bits per heavy atom. The van der Waals surface area contributed by atoms with Gasteiger partial charge in [0.1, 0.15) is 0 Å². The summed E-state index contributed by atoms with van der Waals surface area (Å²) in [6.07, 6.45) is 0.0454. The first kappa shape index (κ1) is 21.9. The molecule has 0 radical (unpaired) electrons. The highest BCUT2D eigenvalue weighted by Crippen LogP contribution is 2.33. The number of hydrogen-bond acceptors (Lipinski definition) is 4. The Labute approximate surface area is 165 Å². The van der Waals surface area contributed by atoms with Crippen molar-refractivity contribution >= 4 is 23.2 Å². The molecule has 1 amide bonds. The van der Waals surface area contributed by atoms with E-state index < -0.39 is 23.7 Å². The molecule has 2 aromatic rings. The van der Waals surface area contributed by atoms with Gasteiger partial charge in [-0.15, -0.1) is 6.42 Å². The van der Waals surface area contributed by atoms with Gasteiger partial charge >= 0.3 is 12.3 Å². The van der Waals surface area contributed by atoms with E-state index in [4.69, 9.17) is 16.9 Å². The van der Waals surface area contributed by atoms with Crippen molar-refractivity contribution in [2.75, 3.05) is 29.1 Å². The third-order valence-electron chi connectivity index (χ3n) is 3.92. The molecule has 0 fully saturated rings. The molecule has 0 aliphatic carbocycles. The van der Waals surface area contributed by atoms with Crippen LogP contribution in [0.3, 0.4) is 0 Å². The third kappa shape index (κ3) is 5.54. The number of amides is 1.